The highest BCUT2D eigenvalue weighted by molar-refractivity contribution is 5.19. The zero-order valence-electron chi connectivity index (χ0n) is 14.0. The highest BCUT2D eigenvalue weighted by Gasteiger charge is 2.23. The maximum atomic E-state index is 3.68. The molecule has 0 amide bonds. The lowest BCUT2D eigenvalue weighted by atomic mass is 9.91. The fourth-order valence-corrected chi connectivity index (χ4v) is 3.76. The second-order valence-electron chi connectivity index (χ2n) is 6.65. The lowest BCUT2D eigenvalue weighted by Crippen LogP contribution is -2.40. The third kappa shape index (κ3) is 4.82. The summed E-state index contributed by atoms with van der Waals surface area (Å²) in [7, 11) is 2.32. The van der Waals surface area contributed by atoms with Gasteiger partial charge in [0.2, 0.25) is 0 Å². The van der Waals surface area contributed by atoms with Crippen LogP contribution in [0.5, 0.6) is 0 Å². The average Bonchev–Trinajstić information content (AvgIpc) is 2.54. The highest BCUT2D eigenvalue weighted by Crippen LogP contribution is 2.26. The maximum absolute atomic E-state index is 3.68. The van der Waals surface area contributed by atoms with Gasteiger partial charge in [-0.1, -0.05) is 63.4 Å². The predicted octanol–water partition coefficient (Wildman–Crippen LogP) is 4.24. The van der Waals surface area contributed by atoms with E-state index in [2.05, 4.69) is 61.4 Å². The summed E-state index contributed by atoms with van der Waals surface area (Å²) in [6, 6.07) is 12.2. The summed E-state index contributed by atoms with van der Waals surface area (Å²) in [4.78, 5) is 2.61. The molecule has 0 heterocycles. The van der Waals surface area contributed by atoms with Crippen LogP contribution in [0.15, 0.2) is 30.3 Å². The van der Waals surface area contributed by atoms with E-state index < -0.39 is 0 Å². The Bertz CT molecular complexity index is 384. The van der Waals surface area contributed by atoms with Crippen LogP contribution in [0.3, 0.4) is 0 Å². The van der Waals surface area contributed by atoms with E-state index in [-0.39, 0.29) is 0 Å². The predicted molar refractivity (Wildman–Crippen MR) is 91.5 cm³/mol. The third-order valence-corrected chi connectivity index (χ3v) is 4.93. The van der Waals surface area contributed by atoms with Gasteiger partial charge in [0, 0.05) is 18.6 Å². The van der Waals surface area contributed by atoms with Crippen molar-refractivity contribution >= 4 is 0 Å². The lowest BCUT2D eigenvalue weighted by Gasteiger charge is -2.35. The van der Waals surface area contributed by atoms with Crippen molar-refractivity contribution in [2.75, 3.05) is 20.1 Å². The molecule has 1 aliphatic carbocycles. The van der Waals surface area contributed by atoms with Crippen molar-refractivity contribution in [1.29, 1.82) is 0 Å². The normalized spacial score (nSPS) is 19.6. The van der Waals surface area contributed by atoms with E-state index in [1.54, 1.807) is 0 Å². The molecule has 118 valence electrons. The van der Waals surface area contributed by atoms with E-state index in [9.17, 15) is 0 Å². The van der Waals surface area contributed by atoms with Crippen LogP contribution in [0.25, 0.3) is 0 Å². The van der Waals surface area contributed by atoms with Gasteiger partial charge < -0.3 is 10.2 Å². The minimum Gasteiger partial charge on any atom is -0.310 e. The van der Waals surface area contributed by atoms with Gasteiger partial charge in [0.1, 0.15) is 0 Å². The average molecular weight is 288 g/mol. The summed E-state index contributed by atoms with van der Waals surface area (Å²) in [6.45, 7) is 6.79. The second kappa shape index (κ2) is 8.55. The second-order valence-corrected chi connectivity index (χ2v) is 6.65. The summed E-state index contributed by atoms with van der Waals surface area (Å²) in [5.74, 6) is 0.624. The molecule has 0 radical (unpaired) electrons. The maximum Gasteiger partial charge on any atom is 0.0358 e. The molecule has 1 aliphatic rings. The SMILES string of the molecule is CCNC(c1ccccc1)C(C)CN(C)C1CCCCC1. The molecule has 2 unspecified atom stereocenters. The Kier molecular flexibility index (Phi) is 6.72. The molecule has 1 fully saturated rings. The van der Waals surface area contributed by atoms with E-state index in [0.717, 1.165) is 12.6 Å². The molecule has 2 heteroatoms. The molecule has 1 saturated carbocycles. The van der Waals surface area contributed by atoms with Crippen molar-refractivity contribution in [2.24, 2.45) is 5.92 Å². The number of benzene rings is 1. The van der Waals surface area contributed by atoms with E-state index in [4.69, 9.17) is 0 Å². The van der Waals surface area contributed by atoms with Crippen molar-refractivity contribution in [1.82, 2.24) is 10.2 Å². The standard InChI is InChI=1S/C19H32N2/c1-4-20-19(17-11-7-5-8-12-17)16(2)15-21(3)18-13-9-6-10-14-18/h5,7-8,11-12,16,18-20H,4,6,9-10,13-15H2,1-3H3. The Morgan fingerprint density at radius 3 is 2.43 bits per heavy atom. The molecule has 2 nitrogen and oxygen atoms in total. The van der Waals surface area contributed by atoms with E-state index in [1.165, 1.54) is 44.2 Å². The Balaban J connectivity index is 1.96. The molecule has 2 atom stereocenters. The molecule has 1 N–H and O–H groups in total. The molecule has 2 rings (SSSR count). The fourth-order valence-electron chi connectivity index (χ4n) is 3.76. The number of nitrogens with zero attached hydrogens (tertiary/aromatic N) is 1. The van der Waals surface area contributed by atoms with Gasteiger partial charge in [-0.3, -0.25) is 0 Å². The van der Waals surface area contributed by atoms with Crippen LogP contribution in [0.4, 0.5) is 0 Å². The van der Waals surface area contributed by atoms with Gasteiger partial charge in [-0.05, 0) is 37.9 Å². The molecule has 21 heavy (non-hydrogen) atoms. The van der Waals surface area contributed by atoms with Gasteiger partial charge in [-0.15, -0.1) is 0 Å². The van der Waals surface area contributed by atoms with Gasteiger partial charge in [0.25, 0.3) is 0 Å². The Labute approximate surface area is 130 Å². The number of hydrogen-bond donors (Lipinski definition) is 1. The molecule has 1 aromatic rings. The third-order valence-electron chi connectivity index (χ3n) is 4.93. The van der Waals surface area contributed by atoms with Crippen LogP contribution >= 0.6 is 0 Å². The molecular weight excluding hydrogens is 256 g/mol. The summed E-state index contributed by atoms with van der Waals surface area (Å²) in [6.07, 6.45) is 7.04. The van der Waals surface area contributed by atoms with Crippen LogP contribution in [-0.4, -0.2) is 31.1 Å². The lowest BCUT2D eigenvalue weighted by molar-refractivity contribution is 0.156. The topological polar surface area (TPSA) is 15.3 Å². The van der Waals surface area contributed by atoms with Crippen molar-refractivity contribution in [3.05, 3.63) is 35.9 Å². The summed E-state index contributed by atoms with van der Waals surface area (Å²) >= 11 is 0. The van der Waals surface area contributed by atoms with Gasteiger partial charge in [0.15, 0.2) is 0 Å². The molecule has 0 spiro atoms. The smallest absolute Gasteiger partial charge is 0.0358 e. The summed E-state index contributed by atoms with van der Waals surface area (Å²) in [5.41, 5.74) is 1.42. The number of nitrogens with one attached hydrogen (secondary N) is 1. The Hall–Kier alpha value is -0.860. The largest absolute Gasteiger partial charge is 0.310 e. The highest BCUT2D eigenvalue weighted by atomic mass is 15.1. The van der Waals surface area contributed by atoms with Gasteiger partial charge in [-0.2, -0.15) is 0 Å². The summed E-state index contributed by atoms with van der Waals surface area (Å²) in [5, 5.41) is 3.68. The first-order valence-electron chi connectivity index (χ1n) is 8.71. The van der Waals surface area contributed by atoms with Crippen molar-refractivity contribution < 1.29 is 0 Å². The van der Waals surface area contributed by atoms with E-state index >= 15 is 0 Å². The van der Waals surface area contributed by atoms with Crippen LogP contribution in [0.2, 0.25) is 0 Å². The minimum absolute atomic E-state index is 0.460. The fraction of sp³-hybridized carbons (Fsp3) is 0.684. The Morgan fingerprint density at radius 2 is 1.81 bits per heavy atom. The van der Waals surface area contributed by atoms with Crippen LogP contribution in [-0.2, 0) is 0 Å². The zero-order chi connectivity index (χ0) is 15.1. The quantitative estimate of drug-likeness (QED) is 0.807. The van der Waals surface area contributed by atoms with Gasteiger partial charge in [-0.25, -0.2) is 0 Å². The molecule has 0 saturated heterocycles. The first-order valence-corrected chi connectivity index (χ1v) is 8.71. The van der Waals surface area contributed by atoms with Crippen molar-refractivity contribution in [3.8, 4) is 0 Å². The van der Waals surface area contributed by atoms with Crippen LogP contribution in [0, 0.1) is 5.92 Å². The molecule has 0 bridgehead atoms. The molecule has 0 aliphatic heterocycles. The molecule has 0 aromatic heterocycles. The number of rotatable bonds is 7. The van der Waals surface area contributed by atoms with Crippen LogP contribution in [0.1, 0.15) is 57.6 Å². The van der Waals surface area contributed by atoms with Gasteiger partial charge in [0.05, 0.1) is 0 Å². The summed E-state index contributed by atoms with van der Waals surface area (Å²) < 4.78 is 0. The zero-order valence-corrected chi connectivity index (χ0v) is 14.0. The monoisotopic (exact) mass is 288 g/mol. The van der Waals surface area contributed by atoms with E-state index in [0.29, 0.717) is 12.0 Å². The number of hydrogen-bond acceptors (Lipinski definition) is 2. The molecule has 1 aromatic carbocycles. The van der Waals surface area contributed by atoms with Crippen LogP contribution < -0.4 is 5.32 Å². The first-order chi connectivity index (χ1) is 10.2. The minimum atomic E-state index is 0.460. The van der Waals surface area contributed by atoms with E-state index in [1.807, 2.05) is 0 Å². The van der Waals surface area contributed by atoms with Gasteiger partial charge >= 0.3 is 0 Å². The molecular formula is C19H32N2. The Morgan fingerprint density at radius 1 is 1.14 bits per heavy atom. The van der Waals surface area contributed by atoms with Crippen molar-refractivity contribution in [3.63, 3.8) is 0 Å². The first kappa shape index (κ1) is 16.5. The van der Waals surface area contributed by atoms with Crippen molar-refractivity contribution in [2.45, 2.75) is 58.0 Å².